The number of carbonyl (C=O) groups is 1. The van der Waals surface area contributed by atoms with Gasteiger partial charge in [-0.15, -0.1) is 0 Å². The van der Waals surface area contributed by atoms with E-state index in [0.29, 0.717) is 0 Å². The van der Waals surface area contributed by atoms with E-state index < -0.39 is 0 Å². The van der Waals surface area contributed by atoms with Gasteiger partial charge in [0.05, 0.1) is 11.7 Å². The molecule has 2 rings (SSSR count). The lowest BCUT2D eigenvalue weighted by atomic mass is 9.98. The second-order valence-corrected chi connectivity index (χ2v) is 4.48. The number of carbonyl (C=O) groups excluding carboxylic acids is 1. The highest BCUT2D eigenvalue weighted by molar-refractivity contribution is 5.73. The van der Waals surface area contributed by atoms with Gasteiger partial charge in [-0.05, 0) is 43.9 Å². The standard InChI is InChI=1S/C13H18N2O/c1-10-6-7-14-12(9-10)13-5-3-4-8-15(13)11(2)16/h6-7,9,13H,3-5,8H2,1-2H3/t13-/m0/s1. The summed E-state index contributed by atoms with van der Waals surface area (Å²) in [5.74, 6) is 0.160. The maximum atomic E-state index is 11.6. The maximum Gasteiger partial charge on any atom is 0.220 e. The number of piperidine rings is 1. The summed E-state index contributed by atoms with van der Waals surface area (Å²) < 4.78 is 0. The number of nitrogens with zero attached hydrogens (tertiary/aromatic N) is 2. The third-order valence-electron chi connectivity index (χ3n) is 3.19. The summed E-state index contributed by atoms with van der Waals surface area (Å²) in [4.78, 5) is 17.9. The Hall–Kier alpha value is -1.38. The molecule has 0 spiro atoms. The fourth-order valence-electron chi connectivity index (χ4n) is 2.36. The minimum absolute atomic E-state index is 0.160. The van der Waals surface area contributed by atoms with Crippen LogP contribution in [0.2, 0.25) is 0 Å². The molecule has 2 heterocycles. The molecular formula is C13H18N2O. The van der Waals surface area contributed by atoms with E-state index in [1.807, 2.05) is 17.2 Å². The molecule has 0 bridgehead atoms. The summed E-state index contributed by atoms with van der Waals surface area (Å²) in [5.41, 5.74) is 2.24. The lowest BCUT2D eigenvalue weighted by molar-refractivity contribution is -0.132. The molecule has 0 aromatic carbocycles. The molecule has 1 aromatic rings. The zero-order chi connectivity index (χ0) is 11.5. The number of hydrogen-bond donors (Lipinski definition) is 0. The molecule has 0 saturated carbocycles. The van der Waals surface area contributed by atoms with Gasteiger partial charge >= 0.3 is 0 Å². The van der Waals surface area contributed by atoms with E-state index in [0.717, 1.165) is 25.1 Å². The zero-order valence-corrected chi connectivity index (χ0v) is 9.94. The lowest BCUT2D eigenvalue weighted by Crippen LogP contribution is -2.37. The lowest BCUT2D eigenvalue weighted by Gasteiger charge is -2.34. The first-order valence-electron chi connectivity index (χ1n) is 5.88. The highest BCUT2D eigenvalue weighted by Crippen LogP contribution is 2.29. The van der Waals surface area contributed by atoms with Crippen LogP contribution in [0.1, 0.15) is 43.5 Å². The number of aryl methyl sites for hydroxylation is 1. The van der Waals surface area contributed by atoms with Crippen molar-refractivity contribution in [2.45, 2.75) is 39.2 Å². The van der Waals surface area contributed by atoms with Crippen molar-refractivity contribution >= 4 is 5.91 Å². The third-order valence-corrected chi connectivity index (χ3v) is 3.19. The first kappa shape index (κ1) is 11.1. The fraction of sp³-hybridized carbons (Fsp3) is 0.538. The van der Waals surface area contributed by atoms with Crippen LogP contribution in [0, 0.1) is 6.92 Å². The second kappa shape index (κ2) is 4.64. The van der Waals surface area contributed by atoms with Gasteiger partial charge in [0.15, 0.2) is 0 Å². The summed E-state index contributed by atoms with van der Waals surface area (Å²) in [6.07, 6.45) is 5.17. The van der Waals surface area contributed by atoms with E-state index >= 15 is 0 Å². The molecule has 1 aromatic heterocycles. The van der Waals surface area contributed by atoms with E-state index in [4.69, 9.17) is 0 Å². The number of hydrogen-bond acceptors (Lipinski definition) is 2. The maximum absolute atomic E-state index is 11.6. The van der Waals surface area contributed by atoms with Crippen LogP contribution in [0.3, 0.4) is 0 Å². The molecule has 0 aliphatic carbocycles. The van der Waals surface area contributed by atoms with Gasteiger partial charge in [-0.3, -0.25) is 9.78 Å². The molecule has 86 valence electrons. The van der Waals surface area contributed by atoms with Crippen LogP contribution in [0.15, 0.2) is 18.3 Å². The van der Waals surface area contributed by atoms with Crippen LogP contribution in [0.25, 0.3) is 0 Å². The molecule has 1 fully saturated rings. The average molecular weight is 218 g/mol. The second-order valence-electron chi connectivity index (χ2n) is 4.48. The van der Waals surface area contributed by atoms with Crippen molar-refractivity contribution < 1.29 is 4.79 Å². The number of pyridine rings is 1. The molecule has 1 saturated heterocycles. The number of likely N-dealkylation sites (tertiary alicyclic amines) is 1. The van der Waals surface area contributed by atoms with Crippen molar-refractivity contribution in [1.82, 2.24) is 9.88 Å². The largest absolute Gasteiger partial charge is 0.334 e. The Morgan fingerprint density at radius 3 is 3.00 bits per heavy atom. The van der Waals surface area contributed by atoms with Crippen LogP contribution in [-0.4, -0.2) is 22.3 Å². The summed E-state index contributed by atoms with van der Waals surface area (Å²) in [6.45, 7) is 4.58. The average Bonchev–Trinajstić information content (AvgIpc) is 2.29. The molecule has 1 amide bonds. The Balaban J connectivity index is 2.26. The predicted octanol–water partition coefficient (Wildman–Crippen LogP) is 2.46. The highest BCUT2D eigenvalue weighted by atomic mass is 16.2. The Bertz CT molecular complexity index is 389. The topological polar surface area (TPSA) is 33.2 Å². The van der Waals surface area contributed by atoms with Gasteiger partial charge in [0.25, 0.3) is 0 Å². The highest BCUT2D eigenvalue weighted by Gasteiger charge is 2.26. The van der Waals surface area contributed by atoms with Crippen molar-refractivity contribution in [1.29, 1.82) is 0 Å². The van der Waals surface area contributed by atoms with Crippen LogP contribution < -0.4 is 0 Å². The van der Waals surface area contributed by atoms with Gasteiger partial charge in [0, 0.05) is 19.7 Å². The van der Waals surface area contributed by atoms with Crippen LogP contribution in [0.5, 0.6) is 0 Å². The molecule has 1 atom stereocenters. The minimum Gasteiger partial charge on any atom is -0.334 e. The fourth-order valence-corrected chi connectivity index (χ4v) is 2.36. The quantitative estimate of drug-likeness (QED) is 0.725. The molecule has 1 aliphatic heterocycles. The first-order valence-corrected chi connectivity index (χ1v) is 5.88. The summed E-state index contributed by atoms with van der Waals surface area (Å²) in [7, 11) is 0. The molecular weight excluding hydrogens is 200 g/mol. The van der Waals surface area contributed by atoms with Crippen molar-refractivity contribution in [2.24, 2.45) is 0 Å². The first-order chi connectivity index (χ1) is 7.68. The normalized spacial score (nSPS) is 20.9. The molecule has 0 unspecified atom stereocenters. The van der Waals surface area contributed by atoms with E-state index in [1.54, 1.807) is 6.92 Å². The smallest absolute Gasteiger partial charge is 0.220 e. The Kier molecular flexibility index (Phi) is 3.22. The number of aromatic nitrogens is 1. The Labute approximate surface area is 96.5 Å². The van der Waals surface area contributed by atoms with Gasteiger partial charge in [0.1, 0.15) is 0 Å². The van der Waals surface area contributed by atoms with Crippen molar-refractivity contribution in [3.63, 3.8) is 0 Å². The van der Waals surface area contributed by atoms with Gasteiger partial charge in [-0.2, -0.15) is 0 Å². The molecule has 0 radical (unpaired) electrons. The predicted molar refractivity (Wildman–Crippen MR) is 63.0 cm³/mol. The number of rotatable bonds is 1. The Morgan fingerprint density at radius 2 is 2.31 bits per heavy atom. The van der Waals surface area contributed by atoms with E-state index in [9.17, 15) is 4.79 Å². The molecule has 3 heteroatoms. The van der Waals surface area contributed by atoms with E-state index in [1.165, 1.54) is 12.0 Å². The summed E-state index contributed by atoms with van der Waals surface area (Å²) in [5, 5.41) is 0. The molecule has 0 N–H and O–H groups in total. The van der Waals surface area contributed by atoms with Gasteiger partial charge in [0.2, 0.25) is 5.91 Å². The SMILES string of the molecule is CC(=O)N1CCCC[C@H]1c1cc(C)ccn1. The zero-order valence-electron chi connectivity index (χ0n) is 9.94. The van der Waals surface area contributed by atoms with E-state index in [-0.39, 0.29) is 11.9 Å². The third kappa shape index (κ3) is 2.23. The summed E-state index contributed by atoms with van der Waals surface area (Å²) >= 11 is 0. The van der Waals surface area contributed by atoms with Crippen molar-refractivity contribution in [3.05, 3.63) is 29.6 Å². The van der Waals surface area contributed by atoms with E-state index in [2.05, 4.69) is 18.0 Å². The van der Waals surface area contributed by atoms with Crippen LogP contribution in [-0.2, 0) is 4.79 Å². The van der Waals surface area contributed by atoms with Gasteiger partial charge in [-0.1, -0.05) is 0 Å². The van der Waals surface area contributed by atoms with Crippen LogP contribution >= 0.6 is 0 Å². The van der Waals surface area contributed by atoms with Crippen molar-refractivity contribution in [3.8, 4) is 0 Å². The molecule has 1 aliphatic rings. The Morgan fingerprint density at radius 1 is 1.50 bits per heavy atom. The van der Waals surface area contributed by atoms with Gasteiger partial charge < -0.3 is 4.90 Å². The summed E-state index contributed by atoms with van der Waals surface area (Å²) in [6, 6.07) is 4.27. The monoisotopic (exact) mass is 218 g/mol. The number of amides is 1. The molecule has 3 nitrogen and oxygen atoms in total. The van der Waals surface area contributed by atoms with Crippen molar-refractivity contribution in [2.75, 3.05) is 6.54 Å². The minimum atomic E-state index is 0.160. The molecule has 16 heavy (non-hydrogen) atoms. The van der Waals surface area contributed by atoms with Gasteiger partial charge in [-0.25, -0.2) is 0 Å². The van der Waals surface area contributed by atoms with Crippen LogP contribution in [0.4, 0.5) is 0 Å².